The monoisotopic (exact) mass is 220 g/mol. The predicted molar refractivity (Wildman–Crippen MR) is 65.0 cm³/mol. The molecule has 5 atom stereocenters. The molecule has 16 heavy (non-hydrogen) atoms. The van der Waals surface area contributed by atoms with Crippen LogP contribution in [0.15, 0.2) is 0 Å². The minimum absolute atomic E-state index is 0.0395. The van der Waals surface area contributed by atoms with Gasteiger partial charge in [0.25, 0.3) is 0 Å². The molecule has 4 aliphatic carbocycles. The molecule has 0 aromatic carbocycles. The van der Waals surface area contributed by atoms with E-state index in [1.54, 1.807) is 0 Å². The topological polar surface area (TPSA) is 17.1 Å². The van der Waals surface area contributed by atoms with Gasteiger partial charge in [0.15, 0.2) is 0 Å². The predicted octanol–water partition coefficient (Wildman–Crippen LogP) is 3.67. The molecule has 4 fully saturated rings. The van der Waals surface area contributed by atoms with Gasteiger partial charge in [-0.3, -0.25) is 4.79 Å². The Morgan fingerprint density at radius 2 is 1.94 bits per heavy atom. The Labute approximate surface area is 99.0 Å². The number of fused-ring (bicyclic) bond motifs is 1. The summed E-state index contributed by atoms with van der Waals surface area (Å²) in [5, 5.41) is 0. The molecule has 0 spiro atoms. The number of hydrogen-bond donors (Lipinski definition) is 0. The summed E-state index contributed by atoms with van der Waals surface area (Å²) in [7, 11) is 0. The first kappa shape index (κ1) is 10.8. The van der Waals surface area contributed by atoms with E-state index in [-0.39, 0.29) is 5.41 Å². The van der Waals surface area contributed by atoms with Crippen LogP contribution in [0.3, 0.4) is 0 Å². The molecule has 0 unspecified atom stereocenters. The molecule has 0 amide bonds. The highest BCUT2D eigenvalue weighted by Crippen LogP contribution is 2.69. The second kappa shape index (κ2) is 2.91. The molecule has 4 aliphatic rings. The van der Waals surface area contributed by atoms with Crippen molar-refractivity contribution in [3.05, 3.63) is 0 Å². The van der Waals surface area contributed by atoms with Crippen LogP contribution < -0.4 is 0 Å². The Kier molecular flexibility index (Phi) is 1.97. The van der Waals surface area contributed by atoms with E-state index in [0.29, 0.717) is 17.1 Å². The Morgan fingerprint density at radius 1 is 1.25 bits per heavy atom. The third kappa shape index (κ3) is 1.15. The molecule has 1 heteroatoms. The van der Waals surface area contributed by atoms with Crippen LogP contribution in [-0.4, -0.2) is 5.78 Å². The second-order valence-corrected chi connectivity index (χ2v) is 7.61. The van der Waals surface area contributed by atoms with Crippen molar-refractivity contribution < 1.29 is 4.79 Å². The van der Waals surface area contributed by atoms with Crippen LogP contribution in [0.5, 0.6) is 0 Å². The van der Waals surface area contributed by atoms with Crippen LogP contribution in [0.4, 0.5) is 0 Å². The molecule has 0 aliphatic heterocycles. The Balaban J connectivity index is 2.00. The fraction of sp³-hybridized carbons (Fsp3) is 0.933. The van der Waals surface area contributed by atoms with Crippen molar-refractivity contribution >= 4 is 5.78 Å². The lowest BCUT2D eigenvalue weighted by Gasteiger charge is -2.53. The smallest absolute Gasteiger partial charge is 0.139 e. The zero-order valence-electron chi connectivity index (χ0n) is 11.0. The quantitative estimate of drug-likeness (QED) is 0.659. The average molecular weight is 220 g/mol. The molecule has 90 valence electrons. The van der Waals surface area contributed by atoms with Crippen LogP contribution in [0, 0.1) is 34.5 Å². The van der Waals surface area contributed by atoms with E-state index in [9.17, 15) is 4.79 Å². The first-order valence-electron chi connectivity index (χ1n) is 6.89. The summed E-state index contributed by atoms with van der Waals surface area (Å²) in [6.07, 6.45) is 4.63. The molecular formula is C15H24O. The van der Waals surface area contributed by atoms with E-state index in [1.165, 1.54) is 19.3 Å². The lowest BCUT2D eigenvalue weighted by Crippen LogP contribution is -2.51. The van der Waals surface area contributed by atoms with Crippen LogP contribution in [0.25, 0.3) is 0 Å². The SMILES string of the molecule is CC(C)[C@H]1C[C@@]2(C)C[C@]3(C)C[C@H]1[C@H]2CC3=O. The Hall–Kier alpha value is -0.330. The van der Waals surface area contributed by atoms with E-state index in [0.717, 1.165) is 24.2 Å². The molecule has 4 rings (SSSR count). The minimum atomic E-state index is 0.0395. The zero-order chi connectivity index (χ0) is 11.7. The molecule has 0 saturated heterocycles. The largest absolute Gasteiger partial charge is 0.299 e. The first-order valence-corrected chi connectivity index (χ1v) is 6.89. The van der Waals surface area contributed by atoms with Gasteiger partial charge in [-0.1, -0.05) is 27.7 Å². The molecule has 0 N–H and O–H groups in total. The van der Waals surface area contributed by atoms with Crippen LogP contribution in [0.1, 0.15) is 53.4 Å². The molecule has 0 radical (unpaired) electrons. The third-order valence-electron chi connectivity index (χ3n) is 6.08. The van der Waals surface area contributed by atoms with Crippen LogP contribution in [-0.2, 0) is 4.79 Å². The van der Waals surface area contributed by atoms with Crippen molar-refractivity contribution in [1.29, 1.82) is 0 Å². The number of ketones is 1. The summed E-state index contributed by atoms with van der Waals surface area (Å²) in [6, 6.07) is 0. The average Bonchev–Trinajstić information content (AvgIpc) is 2.37. The maximum atomic E-state index is 12.1. The van der Waals surface area contributed by atoms with Gasteiger partial charge in [0.05, 0.1) is 0 Å². The maximum absolute atomic E-state index is 12.1. The fourth-order valence-corrected chi connectivity index (χ4v) is 5.42. The number of rotatable bonds is 1. The molecule has 4 saturated carbocycles. The summed E-state index contributed by atoms with van der Waals surface area (Å²) in [5.74, 6) is 3.81. The van der Waals surface area contributed by atoms with Gasteiger partial charge in [-0.25, -0.2) is 0 Å². The fourth-order valence-electron chi connectivity index (χ4n) is 5.42. The molecule has 1 nitrogen and oxygen atoms in total. The first-order chi connectivity index (χ1) is 7.36. The summed E-state index contributed by atoms with van der Waals surface area (Å²) in [6.45, 7) is 9.43. The third-order valence-corrected chi connectivity index (χ3v) is 6.08. The molecule has 0 heterocycles. The van der Waals surface area contributed by atoms with Gasteiger partial charge in [0.2, 0.25) is 0 Å². The Morgan fingerprint density at radius 3 is 2.50 bits per heavy atom. The summed E-state index contributed by atoms with van der Waals surface area (Å²) in [4.78, 5) is 12.1. The standard InChI is InChI=1S/C15H24O/c1-9(2)10-6-14(3)8-15(4)7-11(10)12(14)5-13(15)16/h9-12H,5-8H2,1-4H3/t10-,11-,12-,14+,15+/m1/s1. The van der Waals surface area contributed by atoms with Crippen LogP contribution in [0.2, 0.25) is 0 Å². The highest BCUT2D eigenvalue weighted by Gasteiger charge is 2.64. The normalized spacial score (nSPS) is 55.1. The minimum Gasteiger partial charge on any atom is -0.299 e. The van der Waals surface area contributed by atoms with Gasteiger partial charge >= 0.3 is 0 Å². The molecule has 0 aromatic heterocycles. The summed E-state index contributed by atoms with van der Waals surface area (Å²) >= 11 is 0. The number of Topliss-reactive ketones (excluding diaryl/α,β-unsaturated/α-hetero) is 1. The second-order valence-electron chi connectivity index (χ2n) is 7.61. The summed E-state index contributed by atoms with van der Waals surface area (Å²) in [5.41, 5.74) is 0.526. The van der Waals surface area contributed by atoms with Crippen molar-refractivity contribution in [2.45, 2.75) is 53.4 Å². The number of carbonyl (C=O) groups is 1. The van der Waals surface area contributed by atoms with Crippen molar-refractivity contribution in [2.75, 3.05) is 0 Å². The lowest BCUT2D eigenvalue weighted by molar-refractivity contribution is -0.147. The zero-order valence-corrected chi connectivity index (χ0v) is 11.0. The maximum Gasteiger partial charge on any atom is 0.139 e. The van der Waals surface area contributed by atoms with Crippen molar-refractivity contribution in [3.63, 3.8) is 0 Å². The lowest BCUT2D eigenvalue weighted by atomic mass is 9.50. The molecule has 4 bridgehead atoms. The summed E-state index contributed by atoms with van der Waals surface area (Å²) < 4.78 is 0. The highest BCUT2D eigenvalue weighted by atomic mass is 16.1. The van der Waals surface area contributed by atoms with Gasteiger partial charge in [0, 0.05) is 11.8 Å². The van der Waals surface area contributed by atoms with Gasteiger partial charge in [-0.15, -0.1) is 0 Å². The number of hydrogen-bond acceptors (Lipinski definition) is 1. The van der Waals surface area contributed by atoms with Crippen molar-refractivity contribution in [2.24, 2.45) is 34.5 Å². The Bertz CT molecular complexity index is 345. The molecular weight excluding hydrogens is 196 g/mol. The van der Waals surface area contributed by atoms with Crippen molar-refractivity contribution in [3.8, 4) is 0 Å². The van der Waals surface area contributed by atoms with Crippen LogP contribution >= 0.6 is 0 Å². The van der Waals surface area contributed by atoms with E-state index < -0.39 is 0 Å². The van der Waals surface area contributed by atoms with Gasteiger partial charge < -0.3 is 0 Å². The number of carbonyl (C=O) groups excluding carboxylic acids is 1. The van der Waals surface area contributed by atoms with Gasteiger partial charge in [0.1, 0.15) is 5.78 Å². The van der Waals surface area contributed by atoms with E-state index >= 15 is 0 Å². The van der Waals surface area contributed by atoms with E-state index in [1.807, 2.05) is 0 Å². The van der Waals surface area contributed by atoms with E-state index in [2.05, 4.69) is 27.7 Å². The van der Waals surface area contributed by atoms with E-state index in [4.69, 9.17) is 0 Å². The van der Waals surface area contributed by atoms with Crippen molar-refractivity contribution in [1.82, 2.24) is 0 Å². The molecule has 0 aromatic rings. The van der Waals surface area contributed by atoms with Gasteiger partial charge in [-0.05, 0) is 48.3 Å². The highest BCUT2D eigenvalue weighted by molar-refractivity contribution is 5.87. The van der Waals surface area contributed by atoms with Gasteiger partial charge in [-0.2, -0.15) is 0 Å².